The lowest BCUT2D eigenvalue weighted by atomic mass is 9.82. The third kappa shape index (κ3) is 3.69. The normalized spacial score (nSPS) is 21.8. The summed E-state index contributed by atoms with van der Waals surface area (Å²) >= 11 is 0. The number of nitrogens with zero attached hydrogens (tertiary/aromatic N) is 3. The van der Waals surface area contributed by atoms with E-state index in [4.69, 9.17) is 0 Å². The Morgan fingerprint density at radius 2 is 2.19 bits per heavy atom. The number of rotatable bonds is 6. The van der Waals surface area contributed by atoms with E-state index in [9.17, 15) is 9.90 Å². The average molecular weight is 292 g/mol. The SMILES string of the molecule is CC(C)CNC(=O)C1(CCO)CCN(c2ncccn2)C1. The molecule has 1 fully saturated rings. The third-order valence-corrected chi connectivity index (χ3v) is 3.93. The minimum atomic E-state index is -0.539. The Balaban J connectivity index is 2.08. The van der Waals surface area contributed by atoms with Gasteiger partial charge < -0.3 is 15.3 Å². The van der Waals surface area contributed by atoms with Gasteiger partial charge in [0, 0.05) is 38.6 Å². The molecule has 6 heteroatoms. The molecule has 116 valence electrons. The molecule has 1 saturated heterocycles. The zero-order valence-corrected chi connectivity index (χ0v) is 12.7. The molecule has 2 rings (SSSR count). The summed E-state index contributed by atoms with van der Waals surface area (Å²) in [5.74, 6) is 1.09. The first kappa shape index (κ1) is 15.7. The van der Waals surface area contributed by atoms with Crippen LogP contribution in [-0.4, -0.2) is 47.2 Å². The van der Waals surface area contributed by atoms with E-state index in [2.05, 4.69) is 29.1 Å². The fraction of sp³-hybridized carbons (Fsp3) is 0.667. The maximum Gasteiger partial charge on any atom is 0.228 e. The summed E-state index contributed by atoms with van der Waals surface area (Å²) in [6.45, 7) is 6.10. The first-order chi connectivity index (χ1) is 10.1. The van der Waals surface area contributed by atoms with E-state index in [1.54, 1.807) is 18.5 Å². The lowest BCUT2D eigenvalue weighted by molar-refractivity contribution is -0.131. The van der Waals surface area contributed by atoms with Crippen molar-refractivity contribution in [2.24, 2.45) is 11.3 Å². The van der Waals surface area contributed by atoms with Crippen LogP contribution >= 0.6 is 0 Å². The highest BCUT2D eigenvalue weighted by atomic mass is 16.3. The van der Waals surface area contributed by atoms with Gasteiger partial charge in [0.1, 0.15) is 0 Å². The topological polar surface area (TPSA) is 78.4 Å². The molecule has 1 aliphatic rings. The van der Waals surface area contributed by atoms with Crippen LogP contribution in [0.4, 0.5) is 5.95 Å². The van der Waals surface area contributed by atoms with Crippen LogP contribution in [0.3, 0.4) is 0 Å². The highest BCUT2D eigenvalue weighted by molar-refractivity contribution is 5.84. The van der Waals surface area contributed by atoms with Crippen molar-refractivity contribution in [1.82, 2.24) is 15.3 Å². The zero-order valence-electron chi connectivity index (χ0n) is 12.7. The van der Waals surface area contributed by atoms with Crippen molar-refractivity contribution in [1.29, 1.82) is 0 Å². The number of hydrogen-bond donors (Lipinski definition) is 2. The lowest BCUT2D eigenvalue weighted by Gasteiger charge is -2.28. The first-order valence-electron chi connectivity index (χ1n) is 7.48. The van der Waals surface area contributed by atoms with Crippen molar-refractivity contribution in [2.75, 3.05) is 31.1 Å². The van der Waals surface area contributed by atoms with Gasteiger partial charge in [0.2, 0.25) is 11.9 Å². The zero-order chi connectivity index (χ0) is 15.3. The number of carbonyl (C=O) groups excluding carboxylic acids is 1. The molecule has 0 aliphatic carbocycles. The maximum absolute atomic E-state index is 12.5. The average Bonchev–Trinajstić information content (AvgIpc) is 2.91. The Bertz CT molecular complexity index is 466. The summed E-state index contributed by atoms with van der Waals surface area (Å²) < 4.78 is 0. The second kappa shape index (κ2) is 6.85. The Labute approximate surface area is 125 Å². The molecule has 1 atom stereocenters. The van der Waals surface area contributed by atoms with Crippen molar-refractivity contribution in [3.05, 3.63) is 18.5 Å². The largest absolute Gasteiger partial charge is 0.396 e. The molecule has 0 radical (unpaired) electrons. The van der Waals surface area contributed by atoms with Crippen LogP contribution < -0.4 is 10.2 Å². The summed E-state index contributed by atoms with van der Waals surface area (Å²) in [5, 5.41) is 12.3. The Hall–Kier alpha value is -1.69. The van der Waals surface area contributed by atoms with E-state index in [1.807, 2.05) is 4.90 Å². The minimum absolute atomic E-state index is 0.0125. The van der Waals surface area contributed by atoms with E-state index in [-0.39, 0.29) is 12.5 Å². The number of amides is 1. The van der Waals surface area contributed by atoms with Crippen LogP contribution in [0.15, 0.2) is 18.5 Å². The van der Waals surface area contributed by atoms with Gasteiger partial charge in [-0.05, 0) is 24.8 Å². The van der Waals surface area contributed by atoms with Crippen LogP contribution in [0.5, 0.6) is 0 Å². The minimum Gasteiger partial charge on any atom is -0.396 e. The van der Waals surface area contributed by atoms with Crippen molar-refractivity contribution in [3.8, 4) is 0 Å². The van der Waals surface area contributed by atoms with Gasteiger partial charge in [-0.25, -0.2) is 9.97 Å². The summed E-state index contributed by atoms with van der Waals surface area (Å²) in [6, 6.07) is 1.77. The molecule has 1 unspecified atom stereocenters. The second-order valence-electron chi connectivity index (χ2n) is 6.08. The highest BCUT2D eigenvalue weighted by Crippen LogP contribution is 2.35. The lowest BCUT2D eigenvalue weighted by Crippen LogP contribution is -2.45. The molecule has 1 aromatic heterocycles. The quantitative estimate of drug-likeness (QED) is 0.812. The standard InChI is InChI=1S/C15H24N4O2/c1-12(2)10-18-13(21)15(5-9-20)4-8-19(11-15)14-16-6-3-7-17-14/h3,6-7,12,20H,4-5,8-11H2,1-2H3,(H,18,21). The van der Waals surface area contributed by atoms with Crippen molar-refractivity contribution >= 4 is 11.9 Å². The second-order valence-corrected chi connectivity index (χ2v) is 6.08. The molecule has 1 aliphatic heterocycles. The van der Waals surface area contributed by atoms with E-state index >= 15 is 0 Å². The van der Waals surface area contributed by atoms with Crippen molar-refractivity contribution in [3.63, 3.8) is 0 Å². The summed E-state index contributed by atoms with van der Waals surface area (Å²) in [4.78, 5) is 23.0. The van der Waals surface area contributed by atoms with Crippen LogP contribution in [0.2, 0.25) is 0 Å². The summed E-state index contributed by atoms with van der Waals surface area (Å²) in [6.07, 6.45) is 4.59. The predicted molar refractivity (Wildman–Crippen MR) is 80.8 cm³/mol. The number of aromatic nitrogens is 2. The molecule has 1 aromatic rings. The molecular weight excluding hydrogens is 268 g/mol. The molecule has 0 spiro atoms. The monoisotopic (exact) mass is 292 g/mol. The number of carbonyl (C=O) groups is 1. The van der Waals surface area contributed by atoms with E-state index in [0.29, 0.717) is 31.4 Å². The molecular formula is C15H24N4O2. The number of anilines is 1. The van der Waals surface area contributed by atoms with E-state index in [1.165, 1.54) is 0 Å². The Morgan fingerprint density at radius 3 is 2.81 bits per heavy atom. The molecule has 2 N–H and O–H groups in total. The van der Waals surface area contributed by atoms with Crippen molar-refractivity contribution < 1.29 is 9.90 Å². The molecule has 2 heterocycles. The Kier molecular flexibility index (Phi) is 5.12. The van der Waals surface area contributed by atoms with Gasteiger partial charge in [0.25, 0.3) is 0 Å². The summed E-state index contributed by atoms with van der Waals surface area (Å²) in [7, 11) is 0. The van der Waals surface area contributed by atoms with Crippen LogP contribution in [0.25, 0.3) is 0 Å². The highest BCUT2D eigenvalue weighted by Gasteiger charge is 2.44. The van der Waals surface area contributed by atoms with Gasteiger partial charge in [-0.2, -0.15) is 0 Å². The van der Waals surface area contributed by atoms with Gasteiger partial charge in [0.05, 0.1) is 5.41 Å². The van der Waals surface area contributed by atoms with Crippen molar-refractivity contribution in [2.45, 2.75) is 26.7 Å². The third-order valence-electron chi connectivity index (χ3n) is 3.93. The van der Waals surface area contributed by atoms with Gasteiger partial charge in [0.15, 0.2) is 0 Å². The van der Waals surface area contributed by atoms with Crippen LogP contribution in [0, 0.1) is 11.3 Å². The maximum atomic E-state index is 12.5. The van der Waals surface area contributed by atoms with E-state index < -0.39 is 5.41 Å². The molecule has 0 saturated carbocycles. The van der Waals surface area contributed by atoms with Crippen LogP contribution in [-0.2, 0) is 4.79 Å². The summed E-state index contributed by atoms with van der Waals surface area (Å²) in [5.41, 5.74) is -0.539. The van der Waals surface area contributed by atoms with Gasteiger partial charge >= 0.3 is 0 Å². The van der Waals surface area contributed by atoms with Gasteiger partial charge in [-0.1, -0.05) is 13.8 Å². The molecule has 0 bridgehead atoms. The Morgan fingerprint density at radius 1 is 1.48 bits per heavy atom. The predicted octanol–water partition coefficient (Wildman–Crippen LogP) is 0.828. The molecule has 6 nitrogen and oxygen atoms in total. The van der Waals surface area contributed by atoms with Gasteiger partial charge in [-0.15, -0.1) is 0 Å². The van der Waals surface area contributed by atoms with Crippen LogP contribution in [0.1, 0.15) is 26.7 Å². The first-order valence-corrected chi connectivity index (χ1v) is 7.48. The van der Waals surface area contributed by atoms with Gasteiger partial charge in [-0.3, -0.25) is 4.79 Å². The number of hydrogen-bond acceptors (Lipinski definition) is 5. The fourth-order valence-electron chi connectivity index (χ4n) is 2.70. The number of aliphatic hydroxyl groups excluding tert-OH is 1. The molecule has 21 heavy (non-hydrogen) atoms. The molecule has 1 amide bonds. The smallest absolute Gasteiger partial charge is 0.228 e. The number of nitrogens with one attached hydrogen (secondary N) is 1. The fourth-order valence-corrected chi connectivity index (χ4v) is 2.70. The van der Waals surface area contributed by atoms with E-state index in [0.717, 1.165) is 13.0 Å². The number of aliphatic hydroxyl groups is 1. The molecule has 0 aromatic carbocycles.